The molecule has 2 fully saturated rings. The number of nitrogens with one attached hydrogen (secondary N) is 1. The van der Waals surface area contributed by atoms with Gasteiger partial charge in [0.2, 0.25) is 5.91 Å². The maximum atomic E-state index is 13.3. The average Bonchev–Trinajstić information content (AvgIpc) is 3.40. The average molecular weight is 473 g/mol. The van der Waals surface area contributed by atoms with E-state index in [1.165, 1.54) is 6.07 Å². The van der Waals surface area contributed by atoms with E-state index in [4.69, 9.17) is 16.3 Å². The van der Waals surface area contributed by atoms with E-state index in [-0.39, 0.29) is 35.3 Å². The molecule has 4 rings (SSSR count). The number of benzene rings is 2. The smallest absolute Gasteiger partial charge is 0.227 e. The first-order chi connectivity index (χ1) is 15.2. The van der Waals surface area contributed by atoms with Crippen LogP contribution in [0.1, 0.15) is 36.8 Å². The molecule has 2 saturated carbocycles. The number of nitrogens with zero attached hydrogens (tertiary/aromatic N) is 1. The zero-order valence-corrected chi connectivity index (χ0v) is 19.3. The Balaban J connectivity index is 1.55. The van der Waals surface area contributed by atoms with Crippen LogP contribution in [-0.2, 0) is 26.0 Å². The van der Waals surface area contributed by atoms with Crippen LogP contribution in [0.3, 0.4) is 0 Å². The molecule has 0 bridgehead atoms. The third-order valence-corrected chi connectivity index (χ3v) is 8.96. The van der Waals surface area contributed by atoms with Crippen LogP contribution in [0.5, 0.6) is 0 Å². The van der Waals surface area contributed by atoms with Crippen LogP contribution in [0.25, 0.3) is 0 Å². The van der Waals surface area contributed by atoms with Crippen LogP contribution in [0.15, 0.2) is 53.4 Å². The molecule has 0 unspecified atom stereocenters. The second-order valence-electron chi connectivity index (χ2n) is 8.69. The topological polar surface area (TPSA) is 96.3 Å². The van der Waals surface area contributed by atoms with E-state index in [0.29, 0.717) is 12.8 Å². The molecule has 0 radical (unpaired) electrons. The maximum absolute atomic E-state index is 13.3. The lowest BCUT2D eigenvalue weighted by atomic mass is 10.0. The summed E-state index contributed by atoms with van der Waals surface area (Å²) in [6, 6.07) is 16.4. The van der Waals surface area contributed by atoms with Crippen molar-refractivity contribution in [3.63, 3.8) is 0 Å². The van der Waals surface area contributed by atoms with E-state index in [0.717, 1.165) is 11.1 Å². The van der Waals surface area contributed by atoms with E-state index in [9.17, 15) is 18.5 Å². The largest absolute Gasteiger partial charge is 0.373 e. The number of amides is 1. The van der Waals surface area contributed by atoms with Crippen molar-refractivity contribution in [3.8, 4) is 6.07 Å². The minimum absolute atomic E-state index is 0.0701. The first kappa shape index (κ1) is 22.8. The summed E-state index contributed by atoms with van der Waals surface area (Å²) in [5.74, 6) is -0.983. The Morgan fingerprint density at radius 3 is 2.50 bits per heavy atom. The van der Waals surface area contributed by atoms with Gasteiger partial charge in [-0.1, -0.05) is 53.6 Å². The van der Waals surface area contributed by atoms with E-state index < -0.39 is 32.6 Å². The monoisotopic (exact) mass is 472 g/mol. The number of carbonyl (C=O) groups excluding carboxylic acids is 1. The fourth-order valence-corrected chi connectivity index (χ4v) is 6.46. The van der Waals surface area contributed by atoms with Gasteiger partial charge >= 0.3 is 0 Å². The highest BCUT2D eigenvalue weighted by atomic mass is 35.5. The van der Waals surface area contributed by atoms with Crippen molar-refractivity contribution in [2.75, 3.05) is 0 Å². The van der Waals surface area contributed by atoms with Gasteiger partial charge in [0, 0.05) is 0 Å². The van der Waals surface area contributed by atoms with Gasteiger partial charge in [0.1, 0.15) is 5.54 Å². The van der Waals surface area contributed by atoms with Crippen LogP contribution in [0.4, 0.5) is 0 Å². The number of hydrogen-bond donors (Lipinski definition) is 1. The first-order valence-electron chi connectivity index (χ1n) is 10.6. The lowest BCUT2D eigenvalue weighted by molar-refractivity contribution is -0.130. The van der Waals surface area contributed by atoms with Crippen molar-refractivity contribution in [1.29, 1.82) is 5.26 Å². The van der Waals surface area contributed by atoms with E-state index in [1.807, 2.05) is 31.2 Å². The van der Waals surface area contributed by atoms with Crippen molar-refractivity contribution >= 4 is 27.3 Å². The van der Waals surface area contributed by atoms with Crippen molar-refractivity contribution in [3.05, 3.63) is 64.7 Å². The number of ether oxygens (including phenoxy) is 1. The first-order valence-corrected chi connectivity index (χ1v) is 12.6. The molecule has 0 spiro atoms. The molecular weight excluding hydrogens is 448 g/mol. The van der Waals surface area contributed by atoms with E-state index >= 15 is 0 Å². The molecule has 0 heterocycles. The molecule has 2 aliphatic carbocycles. The molecule has 168 valence electrons. The van der Waals surface area contributed by atoms with E-state index in [2.05, 4.69) is 11.4 Å². The standard InChI is InChI=1S/C24H25ClN2O4S/c1-16-6-8-17(9-7-16)14-31-21-13-18(32(29,30)22-5-3-2-4-20(22)25)12-19(21)23(28)27-24(15-26)10-11-24/h2-9,18-19,21H,10-14H2,1H3,(H,27,28)/t18-,19-,21-/m1/s1. The summed E-state index contributed by atoms with van der Waals surface area (Å²) in [6.45, 7) is 2.27. The highest BCUT2D eigenvalue weighted by Crippen LogP contribution is 2.40. The van der Waals surface area contributed by atoms with Crippen LogP contribution < -0.4 is 5.32 Å². The SMILES string of the molecule is Cc1ccc(CO[C@@H]2C[C@H](S(=O)(=O)c3ccccc3Cl)C[C@H]2C(=O)NC2(C#N)CC2)cc1. The lowest BCUT2D eigenvalue weighted by Crippen LogP contribution is -2.42. The quantitative estimate of drug-likeness (QED) is 0.658. The second kappa shape index (κ2) is 8.86. The molecule has 0 aromatic heterocycles. The second-order valence-corrected chi connectivity index (χ2v) is 11.3. The Kier molecular flexibility index (Phi) is 6.30. The zero-order chi connectivity index (χ0) is 22.9. The van der Waals surface area contributed by atoms with Crippen LogP contribution >= 0.6 is 11.6 Å². The number of nitriles is 1. The Morgan fingerprint density at radius 1 is 1.19 bits per heavy atom. The normalized spacial score (nSPS) is 24.0. The van der Waals surface area contributed by atoms with Gasteiger partial charge in [-0.2, -0.15) is 5.26 Å². The minimum Gasteiger partial charge on any atom is -0.373 e. The minimum atomic E-state index is -3.75. The fraction of sp³-hybridized carbons (Fsp3) is 0.417. The number of halogens is 1. The summed E-state index contributed by atoms with van der Waals surface area (Å²) < 4.78 is 32.7. The van der Waals surface area contributed by atoms with Gasteiger partial charge in [-0.3, -0.25) is 4.79 Å². The van der Waals surface area contributed by atoms with Gasteiger partial charge in [-0.15, -0.1) is 0 Å². The summed E-state index contributed by atoms with van der Waals surface area (Å²) in [5, 5.41) is 11.5. The number of rotatable bonds is 7. The molecule has 0 aliphatic heterocycles. The molecule has 1 amide bonds. The third kappa shape index (κ3) is 4.68. The highest BCUT2D eigenvalue weighted by Gasteiger charge is 2.50. The highest BCUT2D eigenvalue weighted by molar-refractivity contribution is 7.92. The third-order valence-electron chi connectivity index (χ3n) is 6.29. The molecule has 32 heavy (non-hydrogen) atoms. The molecule has 8 heteroatoms. The lowest BCUT2D eigenvalue weighted by Gasteiger charge is -2.21. The maximum Gasteiger partial charge on any atom is 0.227 e. The summed E-state index contributed by atoms with van der Waals surface area (Å²) in [6.07, 6.45) is 0.959. The van der Waals surface area contributed by atoms with Gasteiger partial charge in [0.15, 0.2) is 9.84 Å². The molecule has 3 atom stereocenters. The molecule has 6 nitrogen and oxygen atoms in total. The number of hydrogen-bond acceptors (Lipinski definition) is 5. The Hall–Kier alpha value is -2.40. The van der Waals surface area contributed by atoms with Crippen molar-refractivity contribution in [2.45, 2.75) is 61.0 Å². The van der Waals surface area contributed by atoms with E-state index in [1.54, 1.807) is 18.2 Å². The van der Waals surface area contributed by atoms with Crippen LogP contribution in [0.2, 0.25) is 5.02 Å². The Bertz CT molecular complexity index is 1150. The predicted molar refractivity (Wildman–Crippen MR) is 121 cm³/mol. The van der Waals surface area contributed by atoms with Gasteiger partial charge in [-0.25, -0.2) is 8.42 Å². The van der Waals surface area contributed by atoms with Crippen LogP contribution in [-0.4, -0.2) is 31.2 Å². The summed E-state index contributed by atoms with van der Waals surface area (Å²) >= 11 is 6.16. The van der Waals surface area contributed by atoms with Crippen molar-refractivity contribution in [2.24, 2.45) is 5.92 Å². The molecular formula is C24H25ClN2O4S. The molecule has 2 aromatic rings. The summed E-state index contributed by atoms with van der Waals surface area (Å²) in [5.41, 5.74) is 1.25. The van der Waals surface area contributed by atoms with Crippen molar-refractivity contribution < 1.29 is 17.9 Å². The number of aryl methyl sites for hydroxylation is 1. The van der Waals surface area contributed by atoms with Gasteiger partial charge in [0.05, 0.1) is 39.9 Å². The molecule has 1 N–H and O–H groups in total. The van der Waals surface area contributed by atoms with Gasteiger partial charge in [0.25, 0.3) is 0 Å². The summed E-state index contributed by atoms with van der Waals surface area (Å²) in [4.78, 5) is 13.1. The molecule has 0 saturated heterocycles. The van der Waals surface area contributed by atoms with Gasteiger partial charge < -0.3 is 10.1 Å². The fourth-order valence-electron chi connectivity index (χ4n) is 4.13. The van der Waals surface area contributed by atoms with Gasteiger partial charge in [-0.05, 0) is 50.3 Å². The number of sulfone groups is 1. The summed E-state index contributed by atoms with van der Waals surface area (Å²) in [7, 11) is -3.75. The Morgan fingerprint density at radius 2 is 1.88 bits per heavy atom. The molecule has 2 aliphatic rings. The predicted octanol–water partition coefficient (Wildman–Crippen LogP) is 3.96. The zero-order valence-electron chi connectivity index (χ0n) is 17.8. The van der Waals surface area contributed by atoms with Crippen LogP contribution in [0, 0.1) is 24.2 Å². The molecule has 2 aromatic carbocycles. The number of carbonyl (C=O) groups is 1. The van der Waals surface area contributed by atoms with Crippen molar-refractivity contribution in [1.82, 2.24) is 5.32 Å². The Labute approximate surface area is 193 Å².